The van der Waals surface area contributed by atoms with Gasteiger partial charge in [-0.1, -0.05) is 154 Å². The van der Waals surface area contributed by atoms with E-state index in [0.717, 1.165) is 68.1 Å². The lowest BCUT2D eigenvalue weighted by atomic mass is 9.76. The molecule has 4 aromatic carbocycles. The minimum absolute atomic E-state index is 0.0541. The number of nitrogens with zero attached hydrogens (tertiary/aromatic N) is 2. The maximum absolute atomic E-state index is 13.5. The van der Waals surface area contributed by atoms with Crippen LogP contribution in [-0.2, 0) is 27.9 Å². The molecule has 0 amide bonds. The second kappa shape index (κ2) is 30.7. The number of nitriles is 2. The molecule has 0 fully saturated rings. The summed E-state index contributed by atoms with van der Waals surface area (Å²) < 4.78 is 29.3. The van der Waals surface area contributed by atoms with E-state index in [0.29, 0.717) is 58.8 Å². The van der Waals surface area contributed by atoms with Crippen LogP contribution in [0, 0.1) is 22.7 Å². The number of unbranched alkanes of at least 4 members (excludes halogenated alkanes) is 18. The first-order chi connectivity index (χ1) is 35.8. The van der Waals surface area contributed by atoms with Crippen LogP contribution in [0.25, 0.3) is 12.2 Å². The molecule has 0 N–H and O–H groups in total. The van der Waals surface area contributed by atoms with Gasteiger partial charge in [-0.15, -0.1) is 0 Å². The summed E-state index contributed by atoms with van der Waals surface area (Å²) in [7, 11) is 3.20. The Morgan fingerprint density at radius 3 is 1.49 bits per heavy atom. The molecule has 0 saturated heterocycles. The monoisotopic (exact) mass is 993 g/mol. The average Bonchev–Trinajstić information content (AvgIpc) is 3.98. The molecule has 6 rings (SSSR count). The summed E-state index contributed by atoms with van der Waals surface area (Å²) in [4.78, 5) is 25.0. The third-order valence-corrected chi connectivity index (χ3v) is 14.4. The predicted octanol–water partition coefficient (Wildman–Crippen LogP) is 15.9. The van der Waals surface area contributed by atoms with Crippen LogP contribution >= 0.6 is 0 Å². The largest absolute Gasteiger partial charge is 0.493 e. The highest BCUT2D eigenvalue weighted by atomic mass is 17.2. The van der Waals surface area contributed by atoms with E-state index in [1.807, 2.05) is 60.7 Å². The van der Waals surface area contributed by atoms with Crippen molar-refractivity contribution in [2.45, 2.75) is 173 Å². The first-order valence-corrected chi connectivity index (χ1v) is 27.5. The minimum Gasteiger partial charge on any atom is -0.493 e. The van der Waals surface area contributed by atoms with Gasteiger partial charge in [-0.25, -0.2) is 4.79 Å². The highest BCUT2D eigenvalue weighted by Gasteiger charge is 2.45. The standard InChI is InChI=1S/C63H80N2O8/c1-5-7-9-11-13-15-17-19-21-23-37-69-58-31-25-48(41-60(58)67-3)39-50(45-64)47-71-73-55-30-28-52-34-36-63(57(52)44-55)35-33-51-27-29-54(43-56(51)63)72-62(66)53(46-65)40-49-26-32-59(61(42-49)68-4)70-38-24-22-20-18-16-14-12-10-8-6-2/h25-32,39-44H,5-24,33-38,47H2,1-4H3. The quantitative estimate of drug-likeness (QED) is 0.00848. The van der Waals surface area contributed by atoms with Gasteiger partial charge in [0.15, 0.2) is 28.7 Å². The fourth-order valence-electron chi connectivity index (χ4n) is 10.3. The lowest BCUT2D eigenvalue weighted by molar-refractivity contribution is -0.197. The number of hydrogen-bond donors (Lipinski definition) is 0. The molecule has 4 aromatic rings. The van der Waals surface area contributed by atoms with E-state index in [-0.39, 0.29) is 17.6 Å². The van der Waals surface area contributed by atoms with Gasteiger partial charge in [0.2, 0.25) is 0 Å². The Hall–Kier alpha value is -6.23. The zero-order valence-corrected chi connectivity index (χ0v) is 44.3. The van der Waals surface area contributed by atoms with Crippen molar-refractivity contribution in [3.63, 3.8) is 0 Å². The molecule has 10 heteroatoms. The third-order valence-electron chi connectivity index (χ3n) is 14.4. The van der Waals surface area contributed by atoms with Crippen LogP contribution in [0.3, 0.4) is 0 Å². The number of carbonyl (C=O) groups excluding carboxylic acids is 1. The molecule has 0 bridgehead atoms. The number of methoxy groups -OCH3 is 2. The number of rotatable bonds is 34. The van der Waals surface area contributed by atoms with Gasteiger partial charge < -0.3 is 28.6 Å². The zero-order valence-electron chi connectivity index (χ0n) is 44.3. The third kappa shape index (κ3) is 16.9. The van der Waals surface area contributed by atoms with Crippen LogP contribution in [0.2, 0.25) is 0 Å². The highest BCUT2D eigenvalue weighted by molar-refractivity contribution is 5.99. The number of aryl methyl sites for hydroxylation is 2. The molecule has 10 nitrogen and oxygen atoms in total. The molecule has 1 spiro atoms. The molecule has 2 aliphatic rings. The number of hydrogen-bond acceptors (Lipinski definition) is 10. The topological polar surface area (TPSA) is 129 Å². The van der Waals surface area contributed by atoms with Gasteiger partial charge in [0.1, 0.15) is 24.0 Å². The molecule has 0 aromatic heterocycles. The van der Waals surface area contributed by atoms with Crippen molar-refractivity contribution in [1.29, 1.82) is 10.5 Å². The lowest BCUT2D eigenvalue weighted by Crippen LogP contribution is -2.21. The van der Waals surface area contributed by atoms with Crippen molar-refractivity contribution >= 4 is 18.1 Å². The fourth-order valence-corrected chi connectivity index (χ4v) is 10.3. The minimum atomic E-state index is -0.736. The Balaban J connectivity index is 0.997. The second-order valence-electron chi connectivity index (χ2n) is 19.8. The Morgan fingerprint density at radius 2 is 1.01 bits per heavy atom. The molecular weight excluding hydrogens is 913 g/mol. The van der Waals surface area contributed by atoms with E-state index in [1.54, 1.807) is 32.4 Å². The summed E-state index contributed by atoms with van der Waals surface area (Å²) in [6, 6.07) is 27.1. The molecule has 1 unspecified atom stereocenters. The number of ether oxygens (including phenoxy) is 5. The Morgan fingerprint density at radius 1 is 0.548 bits per heavy atom. The Labute approximate surface area is 436 Å². The van der Waals surface area contributed by atoms with Gasteiger partial charge in [0.25, 0.3) is 0 Å². The van der Waals surface area contributed by atoms with Crippen LogP contribution in [0.5, 0.6) is 34.5 Å². The molecule has 0 heterocycles. The van der Waals surface area contributed by atoms with E-state index < -0.39 is 5.97 Å². The van der Waals surface area contributed by atoms with Crippen molar-refractivity contribution in [3.05, 3.63) is 117 Å². The molecule has 0 aliphatic heterocycles. The van der Waals surface area contributed by atoms with Crippen molar-refractivity contribution in [3.8, 4) is 46.6 Å². The number of carbonyl (C=O) groups is 1. The van der Waals surface area contributed by atoms with Gasteiger partial charge in [0, 0.05) is 5.41 Å². The lowest BCUT2D eigenvalue weighted by Gasteiger charge is -2.27. The van der Waals surface area contributed by atoms with E-state index in [2.05, 4.69) is 26.0 Å². The average molecular weight is 993 g/mol. The van der Waals surface area contributed by atoms with E-state index in [4.69, 9.17) is 33.5 Å². The van der Waals surface area contributed by atoms with Gasteiger partial charge in [0.05, 0.1) is 39.1 Å². The molecule has 390 valence electrons. The van der Waals surface area contributed by atoms with Crippen LogP contribution < -0.4 is 28.6 Å². The van der Waals surface area contributed by atoms with Crippen molar-refractivity contribution in [2.24, 2.45) is 0 Å². The van der Waals surface area contributed by atoms with Gasteiger partial charge >= 0.3 is 5.97 Å². The maximum atomic E-state index is 13.5. The number of esters is 1. The van der Waals surface area contributed by atoms with Crippen LogP contribution in [0.15, 0.2) is 83.9 Å². The van der Waals surface area contributed by atoms with Gasteiger partial charge in [-0.3, -0.25) is 0 Å². The van der Waals surface area contributed by atoms with Gasteiger partial charge in [-0.05, 0) is 133 Å². The summed E-state index contributed by atoms with van der Waals surface area (Å²) >= 11 is 0. The molecule has 0 saturated carbocycles. The van der Waals surface area contributed by atoms with E-state index in [9.17, 15) is 15.3 Å². The molecular formula is C63H80N2O8. The maximum Gasteiger partial charge on any atom is 0.354 e. The van der Waals surface area contributed by atoms with E-state index in [1.165, 1.54) is 120 Å². The molecule has 0 radical (unpaired) electrons. The van der Waals surface area contributed by atoms with Crippen LogP contribution in [-0.4, -0.2) is 40.0 Å². The summed E-state index contributed by atoms with van der Waals surface area (Å²) in [5, 5.41) is 20.1. The number of benzene rings is 4. The zero-order chi connectivity index (χ0) is 51.5. The fraction of sp³-hybridized carbons (Fsp3) is 0.508. The normalized spacial score (nSPS) is 14.8. The highest BCUT2D eigenvalue weighted by Crippen LogP contribution is 2.53. The number of fused-ring (bicyclic) bond motifs is 4. The Bertz CT molecular complexity index is 2510. The Kier molecular flexibility index (Phi) is 23.6. The smallest absolute Gasteiger partial charge is 0.354 e. The van der Waals surface area contributed by atoms with E-state index >= 15 is 0 Å². The van der Waals surface area contributed by atoms with Crippen molar-refractivity contribution < 1.29 is 38.3 Å². The van der Waals surface area contributed by atoms with Crippen LogP contribution in [0.4, 0.5) is 0 Å². The molecule has 73 heavy (non-hydrogen) atoms. The summed E-state index contributed by atoms with van der Waals surface area (Å²) in [5.74, 6) is 2.64. The molecule has 2 aliphatic carbocycles. The van der Waals surface area contributed by atoms with Gasteiger partial charge in [-0.2, -0.15) is 15.4 Å². The van der Waals surface area contributed by atoms with Crippen LogP contribution in [0.1, 0.15) is 188 Å². The van der Waals surface area contributed by atoms with Crippen molar-refractivity contribution in [1.82, 2.24) is 0 Å². The van der Waals surface area contributed by atoms with Crippen molar-refractivity contribution in [2.75, 3.05) is 34.0 Å². The molecule has 1 atom stereocenters. The summed E-state index contributed by atoms with van der Waals surface area (Å²) in [6.45, 7) is 5.68. The predicted molar refractivity (Wildman–Crippen MR) is 290 cm³/mol. The SMILES string of the molecule is CCCCCCCCCCCCOc1ccc(C=C(C#N)COOc2ccc3c(c2)C2(CC3)CCc3ccc(OC(=O)C(C#N)=Cc4ccc(OCCCCCCCCCCCC)c(OC)c4)cc32)cc1OC. The summed E-state index contributed by atoms with van der Waals surface area (Å²) in [6.07, 6.45) is 32.1. The first-order valence-electron chi connectivity index (χ1n) is 27.5. The summed E-state index contributed by atoms with van der Waals surface area (Å²) in [5.41, 5.74) is 6.06. The second-order valence-corrected chi connectivity index (χ2v) is 19.8. The first kappa shape index (κ1) is 56.1.